The lowest BCUT2D eigenvalue weighted by Gasteiger charge is -2.23. The van der Waals surface area contributed by atoms with Gasteiger partial charge in [0.2, 0.25) is 10.0 Å². The average molecular weight is 332 g/mol. The Morgan fingerprint density at radius 1 is 1.38 bits per heavy atom. The van der Waals surface area contributed by atoms with Crippen LogP contribution in [0.15, 0.2) is 23.1 Å². The number of hydrogen-bond donors (Lipinski definition) is 0. The molecular formula is C15H22ClNO3S. The van der Waals surface area contributed by atoms with Crippen molar-refractivity contribution in [3.05, 3.63) is 23.8 Å². The van der Waals surface area contributed by atoms with Gasteiger partial charge in [0.25, 0.3) is 0 Å². The summed E-state index contributed by atoms with van der Waals surface area (Å²) in [6.07, 6.45) is 3.03. The summed E-state index contributed by atoms with van der Waals surface area (Å²) in [7, 11) is -2.06. The van der Waals surface area contributed by atoms with E-state index in [-0.39, 0.29) is 10.8 Å². The highest BCUT2D eigenvalue weighted by Crippen LogP contribution is 2.34. The van der Waals surface area contributed by atoms with Crippen molar-refractivity contribution < 1.29 is 13.2 Å². The Hall–Kier alpha value is -0.780. The molecule has 0 aliphatic heterocycles. The predicted molar refractivity (Wildman–Crippen MR) is 84.3 cm³/mol. The molecule has 0 N–H and O–H groups in total. The molecule has 0 bridgehead atoms. The van der Waals surface area contributed by atoms with Gasteiger partial charge in [-0.15, -0.1) is 11.6 Å². The Labute approximate surface area is 132 Å². The second-order valence-electron chi connectivity index (χ2n) is 5.43. The zero-order valence-corrected chi connectivity index (χ0v) is 14.1. The fourth-order valence-corrected chi connectivity index (χ4v) is 4.27. The van der Waals surface area contributed by atoms with Gasteiger partial charge in [0, 0.05) is 19.0 Å². The third-order valence-corrected chi connectivity index (χ3v) is 5.83. The first-order valence-corrected chi connectivity index (χ1v) is 9.23. The second kappa shape index (κ2) is 6.99. The average Bonchev–Trinajstić information content (AvgIpc) is 3.30. The van der Waals surface area contributed by atoms with Crippen LogP contribution < -0.4 is 4.74 Å². The van der Waals surface area contributed by atoms with Gasteiger partial charge in [0.1, 0.15) is 10.6 Å². The van der Waals surface area contributed by atoms with E-state index >= 15 is 0 Å². The van der Waals surface area contributed by atoms with Crippen molar-refractivity contribution in [1.82, 2.24) is 4.31 Å². The summed E-state index contributed by atoms with van der Waals surface area (Å²) in [5, 5.41) is 0. The third kappa shape index (κ3) is 3.90. The molecular weight excluding hydrogens is 310 g/mol. The first kappa shape index (κ1) is 16.6. The lowest BCUT2D eigenvalue weighted by atomic mass is 10.2. The molecule has 1 aromatic carbocycles. The molecule has 118 valence electrons. The minimum Gasteiger partial charge on any atom is -0.495 e. The van der Waals surface area contributed by atoms with Crippen molar-refractivity contribution in [2.24, 2.45) is 5.92 Å². The Balaban J connectivity index is 2.39. The Morgan fingerprint density at radius 3 is 2.62 bits per heavy atom. The number of hydrogen-bond acceptors (Lipinski definition) is 3. The lowest BCUT2D eigenvalue weighted by Crippen LogP contribution is -2.34. The van der Waals surface area contributed by atoms with Crippen molar-refractivity contribution in [2.45, 2.75) is 37.0 Å². The highest BCUT2D eigenvalue weighted by molar-refractivity contribution is 7.89. The summed E-state index contributed by atoms with van der Waals surface area (Å²) >= 11 is 5.83. The zero-order chi connectivity index (χ0) is 15.5. The molecule has 6 heteroatoms. The van der Waals surface area contributed by atoms with E-state index in [4.69, 9.17) is 16.3 Å². The number of ether oxygens (including phenoxy) is 1. The zero-order valence-electron chi connectivity index (χ0n) is 12.5. The first-order chi connectivity index (χ1) is 10.0. The maximum absolute atomic E-state index is 12.9. The summed E-state index contributed by atoms with van der Waals surface area (Å²) in [5.41, 5.74) is 0.777. The highest BCUT2D eigenvalue weighted by atomic mass is 35.5. The van der Waals surface area contributed by atoms with E-state index in [1.165, 1.54) is 7.11 Å². The standard InChI is InChI=1S/C15H22ClNO3S/c1-3-8-17(11-12-4-5-12)21(18,19)15-9-13(10-16)6-7-14(15)20-2/h6-7,9,12H,3-5,8,10-11H2,1-2H3. The number of sulfonamides is 1. The fraction of sp³-hybridized carbons (Fsp3) is 0.600. The monoisotopic (exact) mass is 331 g/mol. The molecule has 1 aromatic rings. The van der Waals surface area contributed by atoms with E-state index in [9.17, 15) is 8.42 Å². The van der Waals surface area contributed by atoms with Crippen LogP contribution in [0.25, 0.3) is 0 Å². The van der Waals surface area contributed by atoms with Crippen LogP contribution >= 0.6 is 11.6 Å². The van der Waals surface area contributed by atoms with Crippen LogP contribution in [-0.2, 0) is 15.9 Å². The molecule has 0 saturated heterocycles. The first-order valence-electron chi connectivity index (χ1n) is 7.26. The molecule has 1 aliphatic rings. The van der Waals surface area contributed by atoms with Crippen LogP contribution in [0.2, 0.25) is 0 Å². The van der Waals surface area contributed by atoms with Crippen LogP contribution in [0, 0.1) is 5.92 Å². The van der Waals surface area contributed by atoms with Gasteiger partial charge in [-0.05, 0) is 42.9 Å². The molecule has 0 aromatic heterocycles. The van der Waals surface area contributed by atoms with E-state index in [1.807, 2.05) is 6.92 Å². The SMILES string of the molecule is CCCN(CC1CC1)S(=O)(=O)c1cc(CCl)ccc1OC. The molecule has 0 amide bonds. The maximum Gasteiger partial charge on any atom is 0.246 e. The molecule has 0 spiro atoms. The van der Waals surface area contributed by atoms with Gasteiger partial charge in [-0.3, -0.25) is 0 Å². The number of alkyl halides is 1. The van der Waals surface area contributed by atoms with Gasteiger partial charge in [-0.1, -0.05) is 13.0 Å². The number of rotatable bonds is 8. The second-order valence-corrected chi connectivity index (χ2v) is 7.60. The summed E-state index contributed by atoms with van der Waals surface area (Å²) < 4.78 is 32.7. The highest BCUT2D eigenvalue weighted by Gasteiger charge is 2.32. The number of benzene rings is 1. The Morgan fingerprint density at radius 2 is 2.10 bits per heavy atom. The van der Waals surface area contributed by atoms with Crippen molar-refractivity contribution in [1.29, 1.82) is 0 Å². The van der Waals surface area contributed by atoms with Gasteiger partial charge < -0.3 is 4.74 Å². The van der Waals surface area contributed by atoms with Crippen LogP contribution in [0.5, 0.6) is 5.75 Å². The molecule has 21 heavy (non-hydrogen) atoms. The number of halogens is 1. The summed E-state index contributed by atoms with van der Waals surface area (Å²) in [5.74, 6) is 1.16. The van der Waals surface area contributed by atoms with E-state index in [1.54, 1.807) is 22.5 Å². The minimum atomic E-state index is -3.54. The molecule has 0 radical (unpaired) electrons. The molecule has 1 fully saturated rings. The largest absolute Gasteiger partial charge is 0.495 e. The molecule has 1 saturated carbocycles. The quantitative estimate of drug-likeness (QED) is 0.687. The third-order valence-electron chi connectivity index (χ3n) is 3.63. The Kier molecular flexibility index (Phi) is 5.52. The molecule has 0 unspecified atom stereocenters. The van der Waals surface area contributed by atoms with Gasteiger partial charge in [-0.25, -0.2) is 8.42 Å². The summed E-state index contributed by atoms with van der Waals surface area (Å²) in [6, 6.07) is 5.08. The normalized spacial score (nSPS) is 15.4. The topological polar surface area (TPSA) is 46.6 Å². The fourth-order valence-electron chi connectivity index (χ4n) is 2.29. The van der Waals surface area contributed by atoms with Gasteiger partial charge in [-0.2, -0.15) is 4.31 Å². The van der Waals surface area contributed by atoms with Gasteiger partial charge in [0.05, 0.1) is 7.11 Å². The van der Waals surface area contributed by atoms with Crippen molar-refractivity contribution in [2.75, 3.05) is 20.2 Å². The van der Waals surface area contributed by atoms with Crippen molar-refractivity contribution in [3.8, 4) is 5.75 Å². The molecule has 0 atom stereocenters. The van der Waals surface area contributed by atoms with Crippen molar-refractivity contribution >= 4 is 21.6 Å². The minimum absolute atomic E-state index is 0.220. The molecule has 2 rings (SSSR count). The number of nitrogens with zero attached hydrogens (tertiary/aromatic N) is 1. The Bertz CT molecular complexity index is 585. The summed E-state index contributed by atoms with van der Waals surface area (Å²) in [4.78, 5) is 0.220. The molecule has 0 heterocycles. The van der Waals surface area contributed by atoms with Gasteiger partial charge >= 0.3 is 0 Å². The maximum atomic E-state index is 12.9. The van der Waals surface area contributed by atoms with Gasteiger partial charge in [0.15, 0.2) is 0 Å². The summed E-state index contributed by atoms with van der Waals surface area (Å²) in [6.45, 7) is 3.12. The van der Waals surface area contributed by atoms with Crippen molar-refractivity contribution in [3.63, 3.8) is 0 Å². The van der Waals surface area contributed by atoms with E-state index in [2.05, 4.69) is 0 Å². The number of methoxy groups -OCH3 is 1. The smallest absolute Gasteiger partial charge is 0.246 e. The lowest BCUT2D eigenvalue weighted by molar-refractivity contribution is 0.380. The van der Waals surface area contributed by atoms with E-state index < -0.39 is 10.0 Å². The molecule has 1 aliphatic carbocycles. The molecule has 4 nitrogen and oxygen atoms in total. The van der Waals surface area contributed by atoms with Crippen LogP contribution in [0.4, 0.5) is 0 Å². The van der Waals surface area contributed by atoms with Crippen LogP contribution in [0.3, 0.4) is 0 Å². The van der Waals surface area contributed by atoms with E-state index in [0.29, 0.717) is 24.8 Å². The van der Waals surface area contributed by atoms with Crippen LogP contribution in [0.1, 0.15) is 31.7 Å². The van der Waals surface area contributed by atoms with E-state index in [0.717, 1.165) is 24.8 Å². The van der Waals surface area contributed by atoms with Crippen LogP contribution in [-0.4, -0.2) is 32.9 Å². The predicted octanol–water partition coefficient (Wildman–Crippen LogP) is 3.24.